The normalized spacial score (nSPS) is 10.7. The van der Waals surface area contributed by atoms with Crippen LogP contribution in [0, 0.1) is 0 Å². The molecule has 1 amide bonds. The summed E-state index contributed by atoms with van der Waals surface area (Å²) in [4.78, 5) is 15.4. The Morgan fingerprint density at radius 1 is 1.37 bits per heavy atom. The van der Waals surface area contributed by atoms with Crippen molar-refractivity contribution in [2.45, 2.75) is 26.4 Å². The molecule has 106 valence electrons. The summed E-state index contributed by atoms with van der Waals surface area (Å²) in [6.07, 6.45) is 1.24. The largest absolute Gasteiger partial charge is 0.481 e. The Balaban J connectivity index is 2.25. The van der Waals surface area contributed by atoms with E-state index in [-0.39, 0.29) is 0 Å². The molecule has 6 nitrogen and oxygen atoms in total. The lowest BCUT2D eigenvalue weighted by Gasteiger charge is -2.19. The lowest BCUT2D eigenvalue weighted by atomic mass is 10.2. The number of rotatable bonds is 5. The summed E-state index contributed by atoms with van der Waals surface area (Å²) < 4.78 is 10.1. The van der Waals surface area contributed by atoms with Crippen molar-refractivity contribution in [2.24, 2.45) is 0 Å². The molecule has 6 heteroatoms. The number of methoxy groups -OCH3 is 1. The van der Waals surface area contributed by atoms with Gasteiger partial charge in [0.05, 0.1) is 7.11 Å². The van der Waals surface area contributed by atoms with E-state index in [9.17, 15) is 4.79 Å². The van der Waals surface area contributed by atoms with Crippen LogP contribution in [0.5, 0.6) is 5.88 Å². The Kier molecular flexibility index (Phi) is 5.41. The molecule has 0 saturated carbocycles. The third kappa shape index (κ3) is 6.49. The molecule has 1 aromatic rings. The lowest BCUT2D eigenvalue weighted by Crippen LogP contribution is -2.34. The topological polar surface area (TPSA) is 72.5 Å². The van der Waals surface area contributed by atoms with Crippen molar-refractivity contribution in [1.29, 1.82) is 0 Å². The fraction of sp³-hybridized carbons (Fsp3) is 0.538. The second-order valence-electron chi connectivity index (χ2n) is 4.94. The van der Waals surface area contributed by atoms with E-state index in [0.717, 1.165) is 5.69 Å². The van der Waals surface area contributed by atoms with Crippen LogP contribution in [0.4, 0.5) is 10.5 Å². The molecule has 1 rings (SSSR count). The minimum atomic E-state index is -0.476. The van der Waals surface area contributed by atoms with E-state index in [1.807, 2.05) is 26.8 Å². The highest BCUT2D eigenvalue weighted by molar-refractivity contribution is 5.67. The highest BCUT2D eigenvalue weighted by atomic mass is 16.6. The van der Waals surface area contributed by atoms with Crippen LogP contribution in [0.2, 0.25) is 0 Å². The number of carbonyl (C=O) groups excluding carboxylic acids is 1. The number of nitrogens with zero attached hydrogens (tertiary/aromatic N) is 1. The summed E-state index contributed by atoms with van der Waals surface area (Å²) in [6.45, 7) is 6.54. The standard InChI is InChI=1S/C13H21N3O3/c1-13(2,3)19-12(17)16-8-7-14-10-5-6-15-11(9-10)18-4/h5-6,9H,7-8H2,1-4H3,(H,14,15)(H,16,17). The smallest absolute Gasteiger partial charge is 0.407 e. The second-order valence-corrected chi connectivity index (χ2v) is 4.94. The lowest BCUT2D eigenvalue weighted by molar-refractivity contribution is 0.0530. The summed E-state index contributed by atoms with van der Waals surface area (Å²) in [5.74, 6) is 0.546. The van der Waals surface area contributed by atoms with E-state index in [4.69, 9.17) is 9.47 Å². The average Bonchev–Trinajstić information content (AvgIpc) is 2.33. The van der Waals surface area contributed by atoms with Crippen molar-refractivity contribution in [1.82, 2.24) is 10.3 Å². The number of nitrogens with one attached hydrogen (secondary N) is 2. The van der Waals surface area contributed by atoms with Crippen LogP contribution in [-0.2, 0) is 4.74 Å². The summed E-state index contributed by atoms with van der Waals surface area (Å²) in [5, 5.41) is 5.81. The summed E-state index contributed by atoms with van der Waals surface area (Å²) in [6, 6.07) is 3.61. The molecular weight excluding hydrogens is 246 g/mol. The Labute approximate surface area is 113 Å². The second kappa shape index (κ2) is 6.82. The van der Waals surface area contributed by atoms with E-state index in [0.29, 0.717) is 19.0 Å². The van der Waals surface area contributed by atoms with Crippen LogP contribution in [0.15, 0.2) is 18.3 Å². The molecule has 0 atom stereocenters. The van der Waals surface area contributed by atoms with Crippen LogP contribution in [0.1, 0.15) is 20.8 Å². The van der Waals surface area contributed by atoms with Crippen molar-refractivity contribution in [3.05, 3.63) is 18.3 Å². The van der Waals surface area contributed by atoms with Gasteiger partial charge in [0.1, 0.15) is 5.60 Å². The van der Waals surface area contributed by atoms with Crippen LogP contribution in [0.25, 0.3) is 0 Å². The molecule has 0 saturated heterocycles. The molecule has 0 spiro atoms. The van der Waals surface area contributed by atoms with Gasteiger partial charge in [0.15, 0.2) is 0 Å². The highest BCUT2D eigenvalue weighted by Crippen LogP contribution is 2.12. The predicted octanol–water partition coefficient (Wildman–Crippen LogP) is 2.03. The number of anilines is 1. The van der Waals surface area contributed by atoms with Crippen molar-refractivity contribution < 1.29 is 14.3 Å². The van der Waals surface area contributed by atoms with Crippen molar-refractivity contribution in [3.63, 3.8) is 0 Å². The molecule has 0 radical (unpaired) electrons. The molecule has 1 heterocycles. The molecule has 0 unspecified atom stereocenters. The summed E-state index contributed by atoms with van der Waals surface area (Å²) >= 11 is 0. The van der Waals surface area contributed by atoms with Gasteiger partial charge in [-0.2, -0.15) is 0 Å². The Bertz CT molecular complexity index is 416. The fourth-order valence-electron chi connectivity index (χ4n) is 1.32. The quantitative estimate of drug-likeness (QED) is 0.799. The van der Waals surface area contributed by atoms with Gasteiger partial charge in [0.2, 0.25) is 5.88 Å². The maximum absolute atomic E-state index is 11.4. The minimum absolute atomic E-state index is 0.415. The molecular formula is C13H21N3O3. The predicted molar refractivity (Wildman–Crippen MR) is 73.5 cm³/mol. The van der Waals surface area contributed by atoms with Gasteiger partial charge in [0.25, 0.3) is 0 Å². The first kappa shape index (κ1) is 15.1. The Hall–Kier alpha value is -1.98. The van der Waals surface area contributed by atoms with Crippen LogP contribution in [0.3, 0.4) is 0 Å². The number of aromatic nitrogens is 1. The Morgan fingerprint density at radius 3 is 2.74 bits per heavy atom. The van der Waals surface area contributed by atoms with Gasteiger partial charge in [-0.15, -0.1) is 0 Å². The van der Waals surface area contributed by atoms with Gasteiger partial charge in [-0.25, -0.2) is 9.78 Å². The van der Waals surface area contributed by atoms with E-state index < -0.39 is 11.7 Å². The van der Waals surface area contributed by atoms with Gasteiger partial charge in [0, 0.05) is 31.0 Å². The third-order valence-electron chi connectivity index (χ3n) is 2.07. The molecule has 0 bridgehead atoms. The first-order chi connectivity index (χ1) is 8.90. The molecule has 1 aromatic heterocycles. The highest BCUT2D eigenvalue weighted by Gasteiger charge is 2.15. The van der Waals surface area contributed by atoms with E-state index in [2.05, 4.69) is 15.6 Å². The number of pyridine rings is 1. The maximum atomic E-state index is 11.4. The third-order valence-corrected chi connectivity index (χ3v) is 2.07. The maximum Gasteiger partial charge on any atom is 0.407 e. The molecule has 2 N–H and O–H groups in total. The number of carbonyl (C=O) groups is 1. The van der Waals surface area contributed by atoms with Gasteiger partial charge in [-0.05, 0) is 26.8 Å². The van der Waals surface area contributed by atoms with Gasteiger partial charge in [-0.1, -0.05) is 0 Å². The first-order valence-electron chi connectivity index (χ1n) is 6.11. The fourth-order valence-corrected chi connectivity index (χ4v) is 1.32. The molecule has 19 heavy (non-hydrogen) atoms. The van der Waals surface area contributed by atoms with E-state index >= 15 is 0 Å². The van der Waals surface area contributed by atoms with Crippen molar-refractivity contribution in [2.75, 3.05) is 25.5 Å². The number of ether oxygens (including phenoxy) is 2. The summed E-state index contributed by atoms with van der Waals surface area (Å²) in [7, 11) is 1.57. The zero-order chi connectivity index (χ0) is 14.3. The van der Waals surface area contributed by atoms with Gasteiger partial charge < -0.3 is 20.1 Å². The average molecular weight is 267 g/mol. The SMILES string of the molecule is COc1cc(NCCNC(=O)OC(C)(C)C)ccn1. The zero-order valence-electron chi connectivity index (χ0n) is 11.8. The van der Waals surface area contributed by atoms with E-state index in [1.165, 1.54) is 0 Å². The molecule has 0 aromatic carbocycles. The van der Waals surface area contributed by atoms with Gasteiger partial charge >= 0.3 is 6.09 Å². The van der Waals surface area contributed by atoms with Crippen LogP contribution < -0.4 is 15.4 Å². The zero-order valence-corrected chi connectivity index (χ0v) is 11.8. The van der Waals surface area contributed by atoms with Gasteiger partial charge in [-0.3, -0.25) is 0 Å². The number of amides is 1. The minimum Gasteiger partial charge on any atom is -0.481 e. The van der Waals surface area contributed by atoms with E-state index in [1.54, 1.807) is 19.4 Å². The molecule has 0 aliphatic rings. The van der Waals surface area contributed by atoms with Crippen LogP contribution >= 0.6 is 0 Å². The summed E-state index contributed by atoms with van der Waals surface area (Å²) in [5.41, 5.74) is 0.411. The number of alkyl carbamates (subject to hydrolysis) is 1. The first-order valence-corrected chi connectivity index (χ1v) is 6.11. The Morgan fingerprint density at radius 2 is 2.11 bits per heavy atom. The molecule has 0 aliphatic carbocycles. The number of hydrogen-bond acceptors (Lipinski definition) is 5. The molecule has 0 fully saturated rings. The van der Waals surface area contributed by atoms with Crippen molar-refractivity contribution in [3.8, 4) is 5.88 Å². The number of hydrogen-bond donors (Lipinski definition) is 2. The molecule has 0 aliphatic heterocycles. The van der Waals surface area contributed by atoms with Crippen LogP contribution in [-0.4, -0.2) is 36.9 Å². The monoisotopic (exact) mass is 267 g/mol. The van der Waals surface area contributed by atoms with Crippen molar-refractivity contribution >= 4 is 11.8 Å².